The lowest BCUT2D eigenvalue weighted by Crippen LogP contribution is -2.50. The predicted octanol–water partition coefficient (Wildman–Crippen LogP) is 3.62. The number of aromatic nitrogens is 2. The van der Waals surface area contributed by atoms with Crippen molar-refractivity contribution >= 4 is 38.9 Å². The summed E-state index contributed by atoms with van der Waals surface area (Å²) in [5.74, 6) is -1.18. The number of benzene rings is 1. The smallest absolute Gasteiger partial charge is 0.410 e. The molecule has 14 heteroatoms. The number of hydrogen-bond donors (Lipinski definition) is 2. The number of halogens is 1. The maximum Gasteiger partial charge on any atom is 0.410 e. The molecule has 36 heavy (non-hydrogen) atoms. The second-order valence-corrected chi connectivity index (χ2v) is 11.3. The van der Waals surface area contributed by atoms with Crippen LogP contribution >= 0.6 is 0 Å². The summed E-state index contributed by atoms with van der Waals surface area (Å²) in [5.41, 5.74) is -0.650. The van der Waals surface area contributed by atoms with E-state index in [0.717, 1.165) is 31.5 Å². The molecule has 2 N–H and O–H groups in total. The lowest BCUT2D eigenvalue weighted by molar-refractivity contribution is -0.383. The largest absolute Gasteiger partial charge is 0.447 e. The Morgan fingerprint density at radius 3 is 2.42 bits per heavy atom. The zero-order valence-electron chi connectivity index (χ0n) is 20.0. The number of nitro groups is 1. The van der Waals surface area contributed by atoms with Gasteiger partial charge < -0.3 is 20.3 Å². The Morgan fingerprint density at radius 1 is 1.22 bits per heavy atom. The zero-order valence-corrected chi connectivity index (χ0v) is 20.8. The van der Waals surface area contributed by atoms with Crippen molar-refractivity contribution < 1.29 is 27.3 Å². The van der Waals surface area contributed by atoms with Gasteiger partial charge in [-0.1, -0.05) is 0 Å². The highest BCUT2D eigenvalue weighted by molar-refractivity contribution is 7.90. The standard InChI is InChI=1S/C22H27FN6O6S/c1-12(2)35-22(30)28-14-4-5-15(28)9-13(8-14)26-20-19(29(31)32)21(25-11-24-20)27-18-7-6-16(10-17(18)23)36(3,33)34/h6-7,10-15H,4-5,8-9H2,1-3H3,(H2,24,25,26,27)/t14-,15-/m1/s1. The van der Waals surface area contributed by atoms with E-state index in [1.807, 2.05) is 0 Å². The van der Waals surface area contributed by atoms with Crippen LogP contribution in [0.1, 0.15) is 39.5 Å². The second kappa shape index (κ2) is 9.84. The number of ether oxygens (including phenoxy) is 1. The molecule has 0 unspecified atom stereocenters. The Morgan fingerprint density at radius 2 is 1.86 bits per heavy atom. The van der Waals surface area contributed by atoms with Crippen molar-refractivity contribution in [1.29, 1.82) is 0 Å². The number of anilines is 3. The Balaban J connectivity index is 1.54. The van der Waals surface area contributed by atoms with E-state index in [2.05, 4.69) is 20.6 Å². The molecule has 4 rings (SSSR count). The third kappa shape index (κ3) is 5.32. The molecule has 2 aliphatic rings. The van der Waals surface area contributed by atoms with Gasteiger partial charge in [-0.25, -0.2) is 27.6 Å². The fraction of sp³-hybridized carbons (Fsp3) is 0.500. The highest BCUT2D eigenvalue weighted by Crippen LogP contribution is 2.39. The van der Waals surface area contributed by atoms with E-state index in [0.29, 0.717) is 12.8 Å². The highest BCUT2D eigenvalue weighted by atomic mass is 32.2. The summed E-state index contributed by atoms with van der Waals surface area (Å²) in [5, 5.41) is 17.6. The van der Waals surface area contributed by atoms with Gasteiger partial charge in [-0.05, 0) is 57.7 Å². The third-order valence-electron chi connectivity index (χ3n) is 6.25. The van der Waals surface area contributed by atoms with Crippen LogP contribution in [0.4, 0.5) is 32.2 Å². The first-order valence-electron chi connectivity index (χ1n) is 11.5. The van der Waals surface area contributed by atoms with Gasteiger partial charge in [0.25, 0.3) is 0 Å². The third-order valence-corrected chi connectivity index (χ3v) is 7.36. The topological polar surface area (TPSA) is 157 Å². The Hall–Kier alpha value is -3.55. The van der Waals surface area contributed by atoms with Crippen LogP contribution in [0.15, 0.2) is 29.4 Å². The van der Waals surface area contributed by atoms with Gasteiger partial charge >= 0.3 is 11.8 Å². The molecule has 1 aromatic carbocycles. The lowest BCUT2D eigenvalue weighted by atomic mass is 9.97. The van der Waals surface area contributed by atoms with Crippen molar-refractivity contribution in [2.24, 2.45) is 0 Å². The maximum absolute atomic E-state index is 14.5. The van der Waals surface area contributed by atoms with E-state index in [4.69, 9.17) is 4.74 Å². The molecule has 12 nitrogen and oxygen atoms in total. The van der Waals surface area contributed by atoms with Crippen LogP contribution in [0.3, 0.4) is 0 Å². The fourth-order valence-corrected chi connectivity index (χ4v) is 5.39. The van der Waals surface area contributed by atoms with Crippen molar-refractivity contribution in [2.45, 2.75) is 68.7 Å². The van der Waals surface area contributed by atoms with Gasteiger partial charge in [0.2, 0.25) is 11.6 Å². The molecule has 0 radical (unpaired) electrons. The first-order chi connectivity index (χ1) is 16.9. The van der Waals surface area contributed by atoms with Gasteiger partial charge in [0, 0.05) is 24.4 Å². The number of piperidine rings is 1. The van der Waals surface area contributed by atoms with Crippen LogP contribution in [-0.4, -0.2) is 64.8 Å². The molecule has 3 heterocycles. The van der Waals surface area contributed by atoms with Crippen molar-refractivity contribution in [2.75, 3.05) is 16.9 Å². The second-order valence-electron chi connectivity index (χ2n) is 9.25. The monoisotopic (exact) mass is 522 g/mol. The lowest BCUT2D eigenvalue weighted by Gasteiger charge is -2.38. The van der Waals surface area contributed by atoms with E-state index in [1.54, 1.807) is 18.7 Å². The van der Waals surface area contributed by atoms with E-state index in [1.165, 1.54) is 12.1 Å². The summed E-state index contributed by atoms with van der Waals surface area (Å²) < 4.78 is 43.2. The number of amides is 1. The molecule has 2 bridgehead atoms. The van der Waals surface area contributed by atoms with Crippen LogP contribution in [0, 0.1) is 15.9 Å². The molecule has 2 atom stereocenters. The van der Waals surface area contributed by atoms with Crippen molar-refractivity contribution in [3.63, 3.8) is 0 Å². The number of nitrogens with zero attached hydrogens (tertiary/aromatic N) is 4. The number of carbonyl (C=O) groups excluding carboxylic acids is 1. The first kappa shape index (κ1) is 25.5. The number of nitrogens with one attached hydrogen (secondary N) is 2. The minimum Gasteiger partial charge on any atom is -0.447 e. The Bertz CT molecular complexity index is 1280. The summed E-state index contributed by atoms with van der Waals surface area (Å²) in [7, 11) is -3.62. The van der Waals surface area contributed by atoms with Gasteiger partial charge in [-0.2, -0.15) is 0 Å². The molecule has 0 saturated carbocycles. The maximum atomic E-state index is 14.5. The highest BCUT2D eigenvalue weighted by Gasteiger charge is 2.44. The molecule has 194 valence electrons. The van der Waals surface area contributed by atoms with E-state index >= 15 is 0 Å². The quantitative estimate of drug-likeness (QED) is 0.406. The number of hydrogen-bond acceptors (Lipinski definition) is 10. The SMILES string of the molecule is CC(C)OC(=O)N1[C@@H]2CC[C@@H]1CC(Nc1ncnc(Nc3ccc(S(C)(=O)=O)cc3F)c1[N+](=O)[O-])C2. The van der Waals surface area contributed by atoms with Crippen molar-refractivity contribution in [3.8, 4) is 0 Å². The molecule has 1 amide bonds. The Kier molecular flexibility index (Phi) is 6.98. The molecule has 2 aliphatic heterocycles. The predicted molar refractivity (Wildman–Crippen MR) is 128 cm³/mol. The number of carbonyl (C=O) groups is 1. The summed E-state index contributed by atoms with van der Waals surface area (Å²) >= 11 is 0. The zero-order chi connectivity index (χ0) is 26.2. The summed E-state index contributed by atoms with van der Waals surface area (Å²) in [6, 6.07) is 2.92. The molecule has 2 saturated heterocycles. The molecular weight excluding hydrogens is 495 g/mol. The number of rotatable bonds is 7. The molecule has 0 aliphatic carbocycles. The summed E-state index contributed by atoms with van der Waals surface area (Å²) in [6.07, 6.45) is 4.25. The van der Waals surface area contributed by atoms with E-state index in [-0.39, 0.29) is 52.5 Å². The molecule has 2 aromatic rings. The van der Waals surface area contributed by atoms with Crippen LogP contribution in [0.2, 0.25) is 0 Å². The summed E-state index contributed by atoms with van der Waals surface area (Å²) in [6.45, 7) is 3.58. The molecular formula is C22H27FN6O6S. The van der Waals surface area contributed by atoms with Gasteiger partial charge in [-0.3, -0.25) is 10.1 Å². The minimum atomic E-state index is -3.62. The summed E-state index contributed by atoms with van der Waals surface area (Å²) in [4.78, 5) is 33.3. The van der Waals surface area contributed by atoms with E-state index in [9.17, 15) is 27.7 Å². The molecule has 1 aromatic heterocycles. The van der Waals surface area contributed by atoms with Gasteiger partial charge in [0.15, 0.2) is 9.84 Å². The van der Waals surface area contributed by atoms with Crippen LogP contribution in [0.25, 0.3) is 0 Å². The van der Waals surface area contributed by atoms with Crippen molar-refractivity contribution in [1.82, 2.24) is 14.9 Å². The van der Waals surface area contributed by atoms with Crippen LogP contribution in [0.5, 0.6) is 0 Å². The number of fused-ring (bicyclic) bond motifs is 2. The molecule has 2 fully saturated rings. The van der Waals surface area contributed by atoms with Gasteiger partial charge in [0.1, 0.15) is 12.1 Å². The van der Waals surface area contributed by atoms with Crippen molar-refractivity contribution in [3.05, 3.63) is 40.5 Å². The average Bonchev–Trinajstić information content (AvgIpc) is 3.04. The first-order valence-corrected chi connectivity index (χ1v) is 13.3. The van der Waals surface area contributed by atoms with Crippen LogP contribution in [-0.2, 0) is 14.6 Å². The average molecular weight is 523 g/mol. The minimum absolute atomic E-state index is 0.0340. The molecule has 0 spiro atoms. The normalized spacial score (nSPS) is 21.4. The number of sulfone groups is 1. The Labute approximate surface area is 207 Å². The van der Waals surface area contributed by atoms with Gasteiger partial charge in [0.05, 0.1) is 21.6 Å². The fourth-order valence-electron chi connectivity index (χ4n) is 4.75. The van der Waals surface area contributed by atoms with Crippen LogP contribution < -0.4 is 10.6 Å². The van der Waals surface area contributed by atoms with E-state index < -0.39 is 26.3 Å². The van der Waals surface area contributed by atoms with Gasteiger partial charge in [-0.15, -0.1) is 0 Å².